The van der Waals surface area contributed by atoms with Gasteiger partial charge < -0.3 is 15.2 Å². The molecule has 2 aromatic rings. The number of nitrogens with one attached hydrogen (secondary N) is 1. The van der Waals surface area contributed by atoms with Crippen molar-refractivity contribution in [3.05, 3.63) is 59.7 Å². The van der Waals surface area contributed by atoms with E-state index in [0.717, 1.165) is 19.3 Å². The monoisotopic (exact) mass is 355 g/mol. The van der Waals surface area contributed by atoms with Crippen molar-refractivity contribution in [2.75, 3.05) is 13.7 Å². The van der Waals surface area contributed by atoms with Gasteiger partial charge in [-0.1, -0.05) is 56.2 Å². The Kier molecular flexibility index (Phi) is 7.36. The van der Waals surface area contributed by atoms with Gasteiger partial charge in [-0.3, -0.25) is 4.79 Å². The third-order valence-electron chi connectivity index (χ3n) is 4.23. The summed E-state index contributed by atoms with van der Waals surface area (Å²) in [5.41, 5.74) is 1.77. The number of carboxylic acid groups (broad SMARTS) is 1. The molecule has 0 spiro atoms. The number of benzene rings is 2. The quantitative estimate of drug-likeness (QED) is 0.713. The number of amides is 1. The van der Waals surface area contributed by atoms with E-state index in [2.05, 4.69) is 12.2 Å². The molecule has 2 rings (SSSR count). The minimum Gasteiger partial charge on any atom is -0.478 e. The first-order chi connectivity index (χ1) is 12.6. The maximum atomic E-state index is 12.9. The number of methoxy groups -OCH3 is 1. The SMILES string of the molecule is CCCCC(COC)NC(=O)c1ccccc1-c1ccccc1C(=O)O. The molecule has 0 aliphatic heterocycles. The average Bonchev–Trinajstić information content (AvgIpc) is 2.66. The van der Waals surface area contributed by atoms with Gasteiger partial charge in [-0.2, -0.15) is 0 Å². The fraction of sp³-hybridized carbons (Fsp3) is 0.333. The number of carbonyl (C=O) groups excluding carboxylic acids is 1. The maximum absolute atomic E-state index is 12.9. The van der Waals surface area contributed by atoms with Crippen LogP contribution in [0.1, 0.15) is 46.9 Å². The summed E-state index contributed by atoms with van der Waals surface area (Å²) in [5.74, 6) is -1.24. The Balaban J connectivity index is 2.34. The van der Waals surface area contributed by atoms with Gasteiger partial charge in [0.1, 0.15) is 0 Å². The van der Waals surface area contributed by atoms with Gasteiger partial charge in [-0.15, -0.1) is 0 Å². The van der Waals surface area contributed by atoms with Gasteiger partial charge in [0.2, 0.25) is 0 Å². The van der Waals surface area contributed by atoms with E-state index in [-0.39, 0.29) is 17.5 Å². The van der Waals surface area contributed by atoms with Crippen LogP contribution in [0.25, 0.3) is 11.1 Å². The second-order valence-electron chi connectivity index (χ2n) is 6.16. The topological polar surface area (TPSA) is 75.6 Å². The maximum Gasteiger partial charge on any atom is 0.336 e. The number of ether oxygens (including phenoxy) is 1. The predicted octanol–water partition coefficient (Wildman–Crippen LogP) is 3.99. The van der Waals surface area contributed by atoms with Crippen LogP contribution in [0, 0.1) is 0 Å². The smallest absolute Gasteiger partial charge is 0.336 e. The lowest BCUT2D eigenvalue weighted by Gasteiger charge is -2.19. The Morgan fingerprint density at radius 2 is 1.62 bits per heavy atom. The van der Waals surface area contributed by atoms with Gasteiger partial charge in [0.15, 0.2) is 0 Å². The lowest BCUT2D eigenvalue weighted by atomic mass is 9.94. The van der Waals surface area contributed by atoms with Crippen LogP contribution in [0.5, 0.6) is 0 Å². The van der Waals surface area contributed by atoms with Crippen molar-refractivity contribution in [2.24, 2.45) is 0 Å². The fourth-order valence-corrected chi connectivity index (χ4v) is 2.93. The van der Waals surface area contributed by atoms with Gasteiger partial charge in [-0.25, -0.2) is 4.79 Å². The van der Waals surface area contributed by atoms with Gasteiger partial charge in [0.25, 0.3) is 5.91 Å². The molecule has 0 bridgehead atoms. The number of hydrogen-bond donors (Lipinski definition) is 2. The summed E-state index contributed by atoms with van der Waals surface area (Å²) in [5, 5.41) is 12.5. The van der Waals surface area contributed by atoms with Crippen molar-refractivity contribution >= 4 is 11.9 Å². The molecule has 5 nitrogen and oxygen atoms in total. The molecule has 0 heterocycles. The normalized spacial score (nSPS) is 11.8. The Hall–Kier alpha value is -2.66. The highest BCUT2D eigenvalue weighted by molar-refractivity contribution is 6.04. The van der Waals surface area contributed by atoms with Gasteiger partial charge in [-0.05, 0) is 29.7 Å². The van der Waals surface area contributed by atoms with Crippen molar-refractivity contribution in [1.29, 1.82) is 0 Å². The van der Waals surface area contributed by atoms with Crippen LogP contribution in [0.4, 0.5) is 0 Å². The largest absolute Gasteiger partial charge is 0.478 e. The Bertz CT molecular complexity index is 757. The van der Waals surface area contributed by atoms with Crippen LogP contribution in [0.3, 0.4) is 0 Å². The Labute approximate surface area is 154 Å². The summed E-state index contributed by atoms with van der Waals surface area (Å²) >= 11 is 0. The molecule has 5 heteroatoms. The molecule has 0 aromatic heterocycles. The zero-order valence-corrected chi connectivity index (χ0v) is 15.2. The molecule has 2 N–H and O–H groups in total. The lowest BCUT2D eigenvalue weighted by molar-refractivity contribution is 0.0697. The van der Waals surface area contributed by atoms with E-state index in [1.54, 1.807) is 55.6 Å². The molecule has 138 valence electrons. The standard InChI is InChI=1S/C21H25NO4/c1-3-4-9-15(14-26-2)22-20(23)18-12-7-5-10-16(18)17-11-6-8-13-19(17)21(24)25/h5-8,10-13,15H,3-4,9,14H2,1-2H3,(H,22,23)(H,24,25). The molecule has 0 radical (unpaired) electrons. The van der Waals surface area contributed by atoms with E-state index in [9.17, 15) is 14.7 Å². The highest BCUT2D eigenvalue weighted by Crippen LogP contribution is 2.27. The van der Waals surface area contributed by atoms with Gasteiger partial charge in [0, 0.05) is 12.7 Å². The van der Waals surface area contributed by atoms with Crippen molar-refractivity contribution in [3.63, 3.8) is 0 Å². The summed E-state index contributed by atoms with van der Waals surface area (Å²) in [6, 6.07) is 13.7. The first kappa shape index (κ1) is 19.7. The molecule has 1 atom stereocenters. The van der Waals surface area contributed by atoms with Crippen LogP contribution >= 0.6 is 0 Å². The van der Waals surface area contributed by atoms with Crippen LogP contribution in [-0.2, 0) is 4.74 Å². The van der Waals surface area contributed by atoms with E-state index < -0.39 is 5.97 Å². The number of rotatable bonds is 9. The van der Waals surface area contributed by atoms with Crippen molar-refractivity contribution in [3.8, 4) is 11.1 Å². The molecule has 0 saturated heterocycles. The Morgan fingerprint density at radius 3 is 2.19 bits per heavy atom. The molecule has 1 unspecified atom stereocenters. The number of unbranched alkanes of at least 4 members (excludes halogenated alkanes) is 1. The summed E-state index contributed by atoms with van der Waals surface area (Å²) in [7, 11) is 1.61. The summed E-state index contributed by atoms with van der Waals surface area (Å²) < 4.78 is 5.21. The zero-order valence-electron chi connectivity index (χ0n) is 15.2. The highest BCUT2D eigenvalue weighted by Gasteiger charge is 2.19. The highest BCUT2D eigenvalue weighted by atomic mass is 16.5. The molecule has 26 heavy (non-hydrogen) atoms. The predicted molar refractivity (Wildman–Crippen MR) is 101 cm³/mol. The Morgan fingerprint density at radius 1 is 1.04 bits per heavy atom. The number of aromatic carboxylic acids is 1. The van der Waals surface area contributed by atoms with Gasteiger partial charge >= 0.3 is 5.97 Å². The number of carboxylic acids is 1. The van der Waals surface area contributed by atoms with E-state index >= 15 is 0 Å². The third-order valence-corrected chi connectivity index (χ3v) is 4.23. The molecule has 2 aromatic carbocycles. The molecule has 0 saturated carbocycles. The van der Waals surface area contributed by atoms with E-state index in [0.29, 0.717) is 23.3 Å². The van der Waals surface area contributed by atoms with Crippen LogP contribution in [-0.4, -0.2) is 36.7 Å². The number of carbonyl (C=O) groups is 2. The second-order valence-corrected chi connectivity index (χ2v) is 6.16. The van der Waals surface area contributed by atoms with E-state index in [4.69, 9.17) is 4.74 Å². The van der Waals surface area contributed by atoms with Crippen LogP contribution < -0.4 is 5.32 Å². The molecular weight excluding hydrogens is 330 g/mol. The molecule has 0 aliphatic carbocycles. The lowest BCUT2D eigenvalue weighted by Crippen LogP contribution is -2.38. The van der Waals surface area contributed by atoms with Crippen molar-refractivity contribution in [1.82, 2.24) is 5.32 Å². The van der Waals surface area contributed by atoms with Gasteiger partial charge in [0.05, 0.1) is 18.2 Å². The third kappa shape index (κ3) is 4.92. The minimum atomic E-state index is -1.02. The second kappa shape index (κ2) is 9.73. The molecule has 0 fully saturated rings. The van der Waals surface area contributed by atoms with E-state index in [1.807, 2.05) is 0 Å². The van der Waals surface area contributed by atoms with Crippen LogP contribution in [0.2, 0.25) is 0 Å². The van der Waals surface area contributed by atoms with Crippen LogP contribution in [0.15, 0.2) is 48.5 Å². The summed E-state index contributed by atoms with van der Waals surface area (Å²) in [6.07, 6.45) is 2.88. The summed E-state index contributed by atoms with van der Waals surface area (Å²) in [6.45, 7) is 2.55. The van der Waals surface area contributed by atoms with Crippen molar-refractivity contribution < 1.29 is 19.4 Å². The zero-order chi connectivity index (χ0) is 18.9. The first-order valence-electron chi connectivity index (χ1n) is 8.80. The molecule has 0 aliphatic rings. The minimum absolute atomic E-state index is 0.0739. The number of hydrogen-bond acceptors (Lipinski definition) is 3. The molecular formula is C21H25NO4. The summed E-state index contributed by atoms with van der Waals surface area (Å²) in [4.78, 5) is 24.4. The first-order valence-corrected chi connectivity index (χ1v) is 8.80. The van der Waals surface area contributed by atoms with E-state index in [1.165, 1.54) is 0 Å². The molecule has 1 amide bonds. The fourth-order valence-electron chi connectivity index (χ4n) is 2.93. The van der Waals surface area contributed by atoms with Crippen molar-refractivity contribution in [2.45, 2.75) is 32.2 Å². The average molecular weight is 355 g/mol.